The van der Waals surface area contributed by atoms with E-state index in [-0.39, 0.29) is 0 Å². The first kappa shape index (κ1) is 10.6. The molecule has 0 bridgehead atoms. The van der Waals surface area contributed by atoms with Crippen molar-refractivity contribution in [1.29, 1.82) is 0 Å². The number of aryl methyl sites for hydroxylation is 2. The maximum Gasteiger partial charge on any atom is 0.0479 e. The molecule has 0 N–H and O–H groups in total. The van der Waals surface area contributed by atoms with Crippen LogP contribution in [-0.4, -0.2) is 0 Å². The Balaban J connectivity index is 3.11. The van der Waals surface area contributed by atoms with Crippen LogP contribution in [-0.2, 0) is 12.3 Å². The molecule has 0 aliphatic rings. The van der Waals surface area contributed by atoms with Crippen LogP contribution in [0.25, 0.3) is 0 Å². The molecule has 0 aliphatic heterocycles. The van der Waals surface area contributed by atoms with E-state index in [0.29, 0.717) is 5.88 Å². The Labute approximate surface area is 85.9 Å². The molecule has 0 saturated carbocycles. The maximum absolute atomic E-state index is 5.91. The summed E-state index contributed by atoms with van der Waals surface area (Å²) in [6.45, 7) is 6.51. The lowest BCUT2D eigenvalue weighted by Gasteiger charge is -2.11. The molecule has 0 spiro atoms. The molecule has 0 fully saturated rings. The van der Waals surface area contributed by atoms with Crippen LogP contribution in [0.1, 0.15) is 35.6 Å². The normalized spacial score (nSPS) is 10.5. The van der Waals surface area contributed by atoms with Crippen molar-refractivity contribution in [3.05, 3.63) is 34.4 Å². The topological polar surface area (TPSA) is 0 Å². The van der Waals surface area contributed by atoms with Crippen LogP contribution >= 0.6 is 11.6 Å². The van der Waals surface area contributed by atoms with Crippen LogP contribution in [0.3, 0.4) is 0 Å². The van der Waals surface area contributed by atoms with Crippen molar-refractivity contribution >= 4 is 11.6 Å². The Morgan fingerprint density at radius 1 is 1.23 bits per heavy atom. The van der Waals surface area contributed by atoms with Gasteiger partial charge in [0.25, 0.3) is 0 Å². The summed E-state index contributed by atoms with van der Waals surface area (Å²) in [7, 11) is 0. The molecular weight excluding hydrogens is 180 g/mol. The summed E-state index contributed by atoms with van der Waals surface area (Å²) in [5.41, 5.74) is 5.46. The number of alkyl halides is 1. The van der Waals surface area contributed by atoms with Crippen LogP contribution in [0.5, 0.6) is 0 Å². The monoisotopic (exact) mass is 196 g/mol. The number of hydrogen-bond acceptors (Lipinski definition) is 0. The summed E-state index contributed by atoms with van der Waals surface area (Å²) in [5.74, 6) is 0.634. The zero-order chi connectivity index (χ0) is 9.84. The summed E-state index contributed by atoms with van der Waals surface area (Å²) < 4.78 is 0. The molecule has 1 heteroatoms. The van der Waals surface area contributed by atoms with Crippen molar-refractivity contribution in [2.75, 3.05) is 0 Å². The van der Waals surface area contributed by atoms with Crippen molar-refractivity contribution in [2.24, 2.45) is 0 Å². The van der Waals surface area contributed by atoms with Gasteiger partial charge < -0.3 is 0 Å². The van der Waals surface area contributed by atoms with Crippen molar-refractivity contribution in [3.8, 4) is 0 Å². The van der Waals surface area contributed by atoms with Crippen LogP contribution < -0.4 is 0 Å². The third kappa shape index (κ3) is 2.25. The molecule has 0 unspecified atom stereocenters. The van der Waals surface area contributed by atoms with Gasteiger partial charge in [-0.05, 0) is 42.5 Å². The van der Waals surface area contributed by atoms with Gasteiger partial charge in [-0.1, -0.05) is 25.5 Å². The lowest BCUT2D eigenvalue weighted by atomic mass is 9.96. The second kappa shape index (κ2) is 4.66. The van der Waals surface area contributed by atoms with Crippen LogP contribution in [0.4, 0.5) is 0 Å². The first-order valence-electron chi connectivity index (χ1n) is 4.84. The van der Waals surface area contributed by atoms with E-state index in [0.717, 1.165) is 6.42 Å². The molecule has 0 heterocycles. The predicted molar refractivity (Wildman–Crippen MR) is 59.5 cm³/mol. The summed E-state index contributed by atoms with van der Waals surface area (Å²) in [5, 5.41) is 0. The molecular formula is C12H17Cl. The number of hydrogen-bond donors (Lipinski definition) is 0. The van der Waals surface area contributed by atoms with E-state index < -0.39 is 0 Å². The molecule has 1 aromatic rings. The molecule has 0 aromatic heterocycles. The number of halogens is 1. The summed E-state index contributed by atoms with van der Waals surface area (Å²) >= 11 is 5.91. The molecule has 1 rings (SSSR count). The molecule has 72 valence electrons. The highest BCUT2D eigenvalue weighted by molar-refractivity contribution is 6.17. The second-order valence-electron chi connectivity index (χ2n) is 3.53. The molecule has 0 saturated heterocycles. The second-order valence-corrected chi connectivity index (χ2v) is 3.80. The Hall–Kier alpha value is -0.490. The van der Waals surface area contributed by atoms with Crippen molar-refractivity contribution in [2.45, 2.75) is 39.5 Å². The Morgan fingerprint density at radius 3 is 2.46 bits per heavy atom. The largest absolute Gasteiger partial charge is 0.122 e. The van der Waals surface area contributed by atoms with Gasteiger partial charge in [-0.2, -0.15) is 0 Å². The Kier molecular flexibility index (Phi) is 3.80. The van der Waals surface area contributed by atoms with Crippen molar-refractivity contribution in [1.82, 2.24) is 0 Å². The molecule has 0 atom stereocenters. The highest BCUT2D eigenvalue weighted by Gasteiger charge is 2.05. The predicted octanol–water partition coefficient (Wildman–Crippen LogP) is 3.99. The molecule has 0 aliphatic carbocycles. The van der Waals surface area contributed by atoms with Gasteiger partial charge in [-0.25, -0.2) is 0 Å². The van der Waals surface area contributed by atoms with E-state index in [2.05, 4.69) is 32.9 Å². The highest BCUT2D eigenvalue weighted by atomic mass is 35.5. The van der Waals surface area contributed by atoms with E-state index in [1.807, 2.05) is 0 Å². The molecule has 0 amide bonds. The van der Waals surface area contributed by atoms with Crippen molar-refractivity contribution < 1.29 is 0 Å². The minimum absolute atomic E-state index is 0.634. The molecule has 0 radical (unpaired) electrons. The van der Waals surface area contributed by atoms with E-state index in [4.69, 9.17) is 11.6 Å². The van der Waals surface area contributed by atoms with Gasteiger partial charge in [0, 0.05) is 5.88 Å². The van der Waals surface area contributed by atoms with Crippen LogP contribution in [0, 0.1) is 13.8 Å². The standard InChI is InChI=1S/C12H17Cl/c1-4-5-11-7-6-9(2)12(8-13)10(11)3/h6-7H,4-5,8H2,1-3H3. The summed E-state index contributed by atoms with van der Waals surface area (Å²) in [6.07, 6.45) is 2.36. The zero-order valence-corrected chi connectivity index (χ0v) is 9.41. The lowest BCUT2D eigenvalue weighted by molar-refractivity contribution is 0.907. The quantitative estimate of drug-likeness (QED) is 0.642. The molecule has 1 aromatic carbocycles. The van der Waals surface area contributed by atoms with E-state index in [1.54, 1.807) is 0 Å². The van der Waals surface area contributed by atoms with Gasteiger partial charge in [0.1, 0.15) is 0 Å². The number of benzene rings is 1. The van der Waals surface area contributed by atoms with E-state index in [9.17, 15) is 0 Å². The van der Waals surface area contributed by atoms with Crippen molar-refractivity contribution in [3.63, 3.8) is 0 Å². The van der Waals surface area contributed by atoms with Gasteiger partial charge in [0.05, 0.1) is 0 Å². The average Bonchev–Trinajstić information content (AvgIpc) is 2.11. The highest BCUT2D eigenvalue weighted by Crippen LogP contribution is 2.20. The minimum atomic E-state index is 0.634. The molecule has 0 nitrogen and oxygen atoms in total. The van der Waals surface area contributed by atoms with Gasteiger partial charge in [0.15, 0.2) is 0 Å². The fourth-order valence-electron chi connectivity index (χ4n) is 1.69. The Bertz CT molecular complexity index is 289. The summed E-state index contributed by atoms with van der Waals surface area (Å²) in [6, 6.07) is 4.40. The fraction of sp³-hybridized carbons (Fsp3) is 0.500. The number of rotatable bonds is 3. The van der Waals surface area contributed by atoms with Gasteiger partial charge in [-0.3, -0.25) is 0 Å². The van der Waals surface area contributed by atoms with Crippen LogP contribution in [0.2, 0.25) is 0 Å². The van der Waals surface area contributed by atoms with E-state index >= 15 is 0 Å². The third-order valence-corrected chi connectivity index (χ3v) is 2.87. The lowest BCUT2D eigenvalue weighted by Crippen LogP contribution is -1.96. The third-order valence-electron chi connectivity index (χ3n) is 2.60. The van der Waals surface area contributed by atoms with Gasteiger partial charge >= 0.3 is 0 Å². The molecule has 13 heavy (non-hydrogen) atoms. The van der Waals surface area contributed by atoms with E-state index in [1.165, 1.54) is 28.7 Å². The first-order chi connectivity index (χ1) is 6.20. The smallest absolute Gasteiger partial charge is 0.0479 e. The SMILES string of the molecule is CCCc1ccc(C)c(CCl)c1C. The minimum Gasteiger partial charge on any atom is -0.122 e. The Morgan fingerprint density at radius 2 is 1.92 bits per heavy atom. The van der Waals surface area contributed by atoms with Gasteiger partial charge in [0.2, 0.25) is 0 Å². The van der Waals surface area contributed by atoms with Crippen LogP contribution in [0.15, 0.2) is 12.1 Å². The maximum atomic E-state index is 5.91. The summed E-state index contributed by atoms with van der Waals surface area (Å²) in [4.78, 5) is 0. The zero-order valence-electron chi connectivity index (χ0n) is 8.65. The fourth-order valence-corrected chi connectivity index (χ4v) is 2.10. The average molecular weight is 197 g/mol. The first-order valence-corrected chi connectivity index (χ1v) is 5.38. The van der Waals surface area contributed by atoms with Gasteiger partial charge in [-0.15, -0.1) is 11.6 Å².